The van der Waals surface area contributed by atoms with Crippen LogP contribution in [-0.2, 0) is 13.6 Å². The predicted octanol–water partition coefficient (Wildman–Crippen LogP) is 2.49. The van der Waals surface area contributed by atoms with Crippen LogP contribution < -0.4 is 9.47 Å². The molecule has 0 amide bonds. The number of rotatable bonds is 4. The molecule has 2 aliphatic heterocycles. The summed E-state index contributed by atoms with van der Waals surface area (Å²) in [5.41, 5.74) is 3.29. The van der Waals surface area contributed by atoms with Crippen molar-refractivity contribution in [2.45, 2.75) is 13.0 Å². The normalized spacial score (nSPS) is 16.6. The first-order valence-electron chi connectivity index (χ1n) is 8.87. The van der Waals surface area contributed by atoms with E-state index in [0.29, 0.717) is 24.0 Å². The molecule has 0 radical (unpaired) electrons. The van der Waals surface area contributed by atoms with Gasteiger partial charge in [0.25, 0.3) is 0 Å². The molecule has 0 saturated carbocycles. The van der Waals surface area contributed by atoms with Crippen LogP contribution in [0.5, 0.6) is 11.5 Å². The maximum absolute atomic E-state index is 5.48. The molecule has 1 aromatic carbocycles. The maximum Gasteiger partial charge on any atom is 0.241 e. The summed E-state index contributed by atoms with van der Waals surface area (Å²) in [6.45, 7) is 2.67. The van der Waals surface area contributed by atoms with Gasteiger partial charge in [0.05, 0.1) is 12.7 Å². The van der Waals surface area contributed by atoms with Crippen LogP contribution in [0.3, 0.4) is 0 Å². The summed E-state index contributed by atoms with van der Waals surface area (Å²) in [5.74, 6) is 2.62. The zero-order valence-electron chi connectivity index (χ0n) is 15.0. The molecule has 0 fully saturated rings. The number of hydrogen-bond donors (Lipinski definition) is 0. The SMILES string of the molecule is Cn1cc(C2=CCCN(Cc3nc(-c4ccc5c(c4)OCO5)no3)C2)cn1. The lowest BCUT2D eigenvalue weighted by atomic mass is 10.0. The molecule has 8 heteroatoms. The molecule has 0 unspecified atom stereocenters. The van der Waals surface area contributed by atoms with Crippen molar-refractivity contribution in [2.24, 2.45) is 7.05 Å². The summed E-state index contributed by atoms with van der Waals surface area (Å²) in [6.07, 6.45) is 7.21. The van der Waals surface area contributed by atoms with E-state index in [-0.39, 0.29) is 6.79 Å². The largest absolute Gasteiger partial charge is 0.454 e. The first-order chi connectivity index (χ1) is 13.2. The number of aromatic nitrogens is 4. The Morgan fingerprint density at radius 2 is 2.07 bits per heavy atom. The third kappa shape index (κ3) is 3.19. The minimum absolute atomic E-state index is 0.248. The van der Waals surface area contributed by atoms with Crippen LogP contribution in [-0.4, -0.2) is 44.7 Å². The van der Waals surface area contributed by atoms with Crippen LogP contribution in [0.15, 0.2) is 41.2 Å². The molecule has 0 aliphatic carbocycles. The van der Waals surface area contributed by atoms with Gasteiger partial charge in [0.15, 0.2) is 11.5 Å². The third-order valence-electron chi connectivity index (χ3n) is 4.76. The summed E-state index contributed by atoms with van der Waals surface area (Å²) >= 11 is 0. The average molecular weight is 365 g/mol. The van der Waals surface area contributed by atoms with Crippen LogP contribution in [0.4, 0.5) is 0 Å². The van der Waals surface area contributed by atoms with Gasteiger partial charge < -0.3 is 14.0 Å². The highest BCUT2D eigenvalue weighted by Crippen LogP contribution is 2.35. The third-order valence-corrected chi connectivity index (χ3v) is 4.76. The lowest BCUT2D eigenvalue weighted by molar-refractivity contribution is 0.174. The van der Waals surface area contributed by atoms with E-state index in [9.17, 15) is 0 Å². The number of aryl methyl sites for hydroxylation is 1. The number of hydrogen-bond acceptors (Lipinski definition) is 7. The van der Waals surface area contributed by atoms with E-state index in [1.807, 2.05) is 42.3 Å². The molecule has 4 heterocycles. The van der Waals surface area contributed by atoms with Crippen molar-refractivity contribution in [1.29, 1.82) is 0 Å². The van der Waals surface area contributed by atoms with Crippen molar-refractivity contribution in [3.8, 4) is 22.9 Å². The highest BCUT2D eigenvalue weighted by molar-refractivity contribution is 5.66. The first-order valence-corrected chi connectivity index (χ1v) is 8.87. The molecule has 0 atom stereocenters. The van der Waals surface area contributed by atoms with Gasteiger partial charge in [-0.05, 0) is 30.2 Å². The van der Waals surface area contributed by atoms with Crippen molar-refractivity contribution < 1.29 is 14.0 Å². The van der Waals surface area contributed by atoms with Gasteiger partial charge in [-0.15, -0.1) is 0 Å². The summed E-state index contributed by atoms with van der Waals surface area (Å²) < 4.78 is 18.1. The van der Waals surface area contributed by atoms with Crippen molar-refractivity contribution in [3.05, 3.63) is 48.1 Å². The van der Waals surface area contributed by atoms with Crippen molar-refractivity contribution in [3.63, 3.8) is 0 Å². The molecular formula is C19H19N5O3. The van der Waals surface area contributed by atoms with Gasteiger partial charge in [-0.1, -0.05) is 11.2 Å². The average Bonchev–Trinajstić information content (AvgIpc) is 3.42. The Kier molecular flexibility index (Phi) is 3.90. The summed E-state index contributed by atoms with van der Waals surface area (Å²) in [7, 11) is 1.93. The van der Waals surface area contributed by atoms with Crippen LogP contribution in [0.1, 0.15) is 17.9 Å². The summed E-state index contributed by atoms with van der Waals surface area (Å²) in [6, 6.07) is 5.65. The number of fused-ring (bicyclic) bond motifs is 1. The van der Waals surface area contributed by atoms with Gasteiger partial charge >= 0.3 is 0 Å². The van der Waals surface area contributed by atoms with Crippen molar-refractivity contribution >= 4 is 5.57 Å². The Balaban J connectivity index is 1.29. The lowest BCUT2D eigenvalue weighted by Crippen LogP contribution is -2.29. The molecule has 0 spiro atoms. The quantitative estimate of drug-likeness (QED) is 0.703. The van der Waals surface area contributed by atoms with Gasteiger partial charge in [-0.2, -0.15) is 10.1 Å². The zero-order chi connectivity index (χ0) is 18.2. The van der Waals surface area contributed by atoms with Crippen LogP contribution in [0, 0.1) is 0 Å². The molecule has 8 nitrogen and oxygen atoms in total. The second-order valence-electron chi connectivity index (χ2n) is 6.71. The van der Waals surface area contributed by atoms with Gasteiger partial charge in [-0.3, -0.25) is 9.58 Å². The fourth-order valence-electron chi connectivity index (χ4n) is 3.40. The monoisotopic (exact) mass is 365 g/mol. The molecule has 138 valence electrons. The maximum atomic E-state index is 5.48. The van der Waals surface area contributed by atoms with E-state index in [0.717, 1.165) is 36.4 Å². The molecule has 0 saturated heterocycles. The second kappa shape index (κ2) is 6.55. The van der Waals surface area contributed by atoms with Crippen molar-refractivity contribution in [2.75, 3.05) is 19.9 Å². The Bertz CT molecular complexity index is 1010. The van der Waals surface area contributed by atoms with Crippen LogP contribution in [0.25, 0.3) is 17.0 Å². The highest BCUT2D eigenvalue weighted by atomic mass is 16.7. The van der Waals surface area contributed by atoms with E-state index in [1.165, 1.54) is 5.57 Å². The molecule has 27 heavy (non-hydrogen) atoms. The highest BCUT2D eigenvalue weighted by Gasteiger charge is 2.20. The van der Waals surface area contributed by atoms with Gasteiger partial charge in [0.2, 0.25) is 18.5 Å². The first kappa shape index (κ1) is 16.1. The van der Waals surface area contributed by atoms with Crippen molar-refractivity contribution in [1.82, 2.24) is 24.8 Å². The minimum atomic E-state index is 0.248. The number of benzene rings is 1. The number of ether oxygens (including phenoxy) is 2. The van der Waals surface area contributed by atoms with Gasteiger partial charge in [0.1, 0.15) is 0 Å². The Morgan fingerprint density at radius 1 is 1.15 bits per heavy atom. The fourth-order valence-corrected chi connectivity index (χ4v) is 3.40. The second-order valence-corrected chi connectivity index (χ2v) is 6.71. The van der Waals surface area contributed by atoms with E-state index in [1.54, 1.807) is 0 Å². The Labute approximate surface area is 156 Å². The van der Waals surface area contributed by atoms with E-state index < -0.39 is 0 Å². The minimum Gasteiger partial charge on any atom is -0.454 e. The van der Waals surface area contributed by atoms with E-state index in [2.05, 4.69) is 26.2 Å². The summed E-state index contributed by atoms with van der Waals surface area (Å²) in [5, 5.41) is 8.38. The van der Waals surface area contributed by atoms with Crippen LogP contribution >= 0.6 is 0 Å². The summed E-state index contributed by atoms with van der Waals surface area (Å²) in [4.78, 5) is 6.86. The van der Waals surface area contributed by atoms with Crippen LogP contribution in [0.2, 0.25) is 0 Å². The molecule has 2 aromatic heterocycles. The molecule has 5 rings (SSSR count). The molecule has 3 aromatic rings. The van der Waals surface area contributed by atoms with E-state index in [4.69, 9.17) is 14.0 Å². The fraction of sp³-hybridized carbons (Fsp3) is 0.316. The molecule has 0 N–H and O–H groups in total. The predicted molar refractivity (Wildman–Crippen MR) is 96.9 cm³/mol. The van der Waals surface area contributed by atoms with Gasteiger partial charge in [0, 0.05) is 37.5 Å². The molecular weight excluding hydrogens is 346 g/mol. The van der Waals surface area contributed by atoms with Gasteiger partial charge in [-0.25, -0.2) is 0 Å². The standard InChI is InChI=1S/C19H19N5O3/c1-23-9-15(8-20-23)14-3-2-6-24(10-14)11-18-21-19(22-27-18)13-4-5-16-17(7-13)26-12-25-16/h3-5,7-9H,2,6,10-12H2,1H3. The van der Waals surface area contributed by atoms with E-state index >= 15 is 0 Å². The molecule has 0 bridgehead atoms. The Morgan fingerprint density at radius 3 is 2.96 bits per heavy atom. The Hall–Kier alpha value is -3.13. The molecule has 2 aliphatic rings. The lowest BCUT2D eigenvalue weighted by Gasteiger charge is -2.25. The number of nitrogens with zero attached hydrogens (tertiary/aromatic N) is 5. The topological polar surface area (TPSA) is 78.4 Å². The zero-order valence-corrected chi connectivity index (χ0v) is 15.0. The smallest absolute Gasteiger partial charge is 0.241 e.